The van der Waals surface area contributed by atoms with Crippen LogP contribution in [-0.4, -0.2) is 46.4 Å². The zero-order chi connectivity index (χ0) is 13.8. The number of morpholine rings is 1. The molecule has 2 rings (SSSR count). The second-order valence-corrected chi connectivity index (χ2v) is 4.71. The number of aromatic nitrogens is 2. The lowest BCUT2D eigenvalue weighted by Gasteiger charge is -2.30. The number of carbonyl (C=O) groups excluding carboxylic acids is 1. The van der Waals surface area contributed by atoms with Gasteiger partial charge in [-0.25, -0.2) is 4.68 Å². The minimum atomic E-state index is -0.172. The van der Waals surface area contributed by atoms with Crippen LogP contribution >= 0.6 is 0 Å². The molecule has 1 fully saturated rings. The number of ether oxygens (including phenoxy) is 1. The van der Waals surface area contributed by atoms with Gasteiger partial charge >= 0.3 is 0 Å². The Morgan fingerprint density at radius 1 is 1.53 bits per heavy atom. The van der Waals surface area contributed by atoms with Gasteiger partial charge in [0.2, 0.25) is 0 Å². The van der Waals surface area contributed by atoms with Gasteiger partial charge < -0.3 is 9.64 Å². The molecule has 6 heteroatoms. The lowest BCUT2D eigenvalue weighted by Crippen LogP contribution is -2.45. The average molecular weight is 265 g/mol. The predicted octanol–water partition coefficient (Wildman–Crippen LogP) is 0.514. The Hall–Kier alpha value is -1.69. The van der Waals surface area contributed by atoms with Crippen molar-refractivity contribution in [1.82, 2.24) is 14.7 Å². The van der Waals surface area contributed by atoms with Gasteiger partial charge in [0.25, 0.3) is 11.5 Å². The van der Waals surface area contributed by atoms with Crippen LogP contribution in [0.25, 0.3) is 0 Å². The molecule has 0 saturated carbocycles. The predicted molar refractivity (Wildman–Crippen MR) is 70.1 cm³/mol. The van der Waals surface area contributed by atoms with Gasteiger partial charge in [-0.2, -0.15) is 5.10 Å². The van der Waals surface area contributed by atoms with Crippen LogP contribution in [0.4, 0.5) is 0 Å². The second kappa shape index (κ2) is 5.97. The van der Waals surface area contributed by atoms with E-state index in [0.717, 1.165) is 6.42 Å². The first-order valence-corrected chi connectivity index (χ1v) is 6.61. The number of carbonyl (C=O) groups is 1. The van der Waals surface area contributed by atoms with Crippen LogP contribution in [0.1, 0.15) is 30.8 Å². The lowest BCUT2D eigenvalue weighted by atomic mass is 10.2. The first-order valence-electron chi connectivity index (χ1n) is 6.61. The molecule has 0 unspecified atom stereocenters. The van der Waals surface area contributed by atoms with Crippen molar-refractivity contribution in [2.24, 2.45) is 0 Å². The van der Waals surface area contributed by atoms with E-state index < -0.39 is 0 Å². The lowest BCUT2D eigenvalue weighted by molar-refractivity contribution is -0.0127. The van der Waals surface area contributed by atoms with E-state index in [-0.39, 0.29) is 17.6 Å². The first kappa shape index (κ1) is 13.7. The molecule has 1 aliphatic rings. The summed E-state index contributed by atoms with van der Waals surface area (Å²) in [6.07, 6.45) is 0.846. The molecule has 1 aromatic rings. The number of hydrogen-bond acceptors (Lipinski definition) is 4. The quantitative estimate of drug-likeness (QED) is 0.799. The van der Waals surface area contributed by atoms with E-state index in [4.69, 9.17) is 4.74 Å². The first-order chi connectivity index (χ1) is 9.11. The Morgan fingerprint density at radius 2 is 2.32 bits per heavy atom. The highest BCUT2D eigenvalue weighted by atomic mass is 16.5. The highest BCUT2D eigenvalue weighted by molar-refractivity contribution is 5.92. The average Bonchev–Trinajstić information content (AvgIpc) is 2.41. The van der Waals surface area contributed by atoms with Crippen LogP contribution in [0.5, 0.6) is 0 Å². The second-order valence-electron chi connectivity index (χ2n) is 4.71. The Balaban J connectivity index is 2.18. The van der Waals surface area contributed by atoms with Gasteiger partial charge in [0.1, 0.15) is 5.69 Å². The van der Waals surface area contributed by atoms with Gasteiger partial charge in [0.05, 0.1) is 12.7 Å². The Kier molecular flexibility index (Phi) is 4.31. The van der Waals surface area contributed by atoms with E-state index in [0.29, 0.717) is 31.9 Å². The van der Waals surface area contributed by atoms with Crippen molar-refractivity contribution in [1.29, 1.82) is 0 Å². The number of rotatable bonds is 3. The van der Waals surface area contributed by atoms with Gasteiger partial charge in [-0.3, -0.25) is 9.59 Å². The van der Waals surface area contributed by atoms with Crippen molar-refractivity contribution in [2.75, 3.05) is 19.7 Å². The van der Waals surface area contributed by atoms with E-state index in [9.17, 15) is 9.59 Å². The molecule has 1 amide bonds. The number of nitrogens with zero attached hydrogens (tertiary/aromatic N) is 3. The topological polar surface area (TPSA) is 64.4 Å². The van der Waals surface area contributed by atoms with Crippen LogP contribution in [0.15, 0.2) is 16.9 Å². The summed E-state index contributed by atoms with van der Waals surface area (Å²) in [5.74, 6) is -0.139. The molecule has 6 nitrogen and oxygen atoms in total. The third-order valence-corrected chi connectivity index (χ3v) is 3.05. The molecule has 104 valence electrons. The SMILES string of the molecule is CCCn1nc(C(=O)N2CCO[C@@H](C)C2)ccc1=O. The molecule has 0 aliphatic carbocycles. The summed E-state index contributed by atoms with van der Waals surface area (Å²) >= 11 is 0. The van der Waals surface area contributed by atoms with E-state index in [1.54, 1.807) is 4.90 Å². The van der Waals surface area contributed by atoms with Crippen LogP contribution in [0.3, 0.4) is 0 Å². The molecule has 0 N–H and O–H groups in total. The molecule has 0 radical (unpaired) electrons. The van der Waals surface area contributed by atoms with Crippen molar-refractivity contribution in [3.05, 3.63) is 28.2 Å². The molecule has 1 aliphatic heterocycles. The summed E-state index contributed by atoms with van der Waals surface area (Å²) in [6, 6.07) is 2.90. The largest absolute Gasteiger partial charge is 0.375 e. The van der Waals surface area contributed by atoms with E-state index in [1.165, 1.54) is 16.8 Å². The third-order valence-electron chi connectivity index (χ3n) is 3.05. The molecular weight excluding hydrogens is 246 g/mol. The van der Waals surface area contributed by atoms with Gasteiger partial charge in [-0.05, 0) is 19.4 Å². The van der Waals surface area contributed by atoms with Crippen LogP contribution in [0, 0.1) is 0 Å². The standard InChI is InChI=1S/C13H19N3O3/c1-3-6-16-12(17)5-4-11(14-16)13(18)15-7-8-19-10(2)9-15/h4-5,10H,3,6-9H2,1-2H3/t10-/m0/s1. The van der Waals surface area contributed by atoms with Gasteiger partial charge in [0.15, 0.2) is 0 Å². The monoisotopic (exact) mass is 265 g/mol. The molecule has 1 saturated heterocycles. The Morgan fingerprint density at radius 3 is 3.00 bits per heavy atom. The van der Waals surface area contributed by atoms with E-state index in [1.807, 2.05) is 13.8 Å². The normalized spacial score (nSPS) is 19.5. The van der Waals surface area contributed by atoms with Gasteiger partial charge in [-0.1, -0.05) is 6.92 Å². The van der Waals surface area contributed by atoms with Crippen molar-refractivity contribution in [2.45, 2.75) is 32.9 Å². The maximum atomic E-state index is 12.3. The molecule has 1 aromatic heterocycles. The molecule has 2 heterocycles. The van der Waals surface area contributed by atoms with Crippen molar-refractivity contribution in [3.8, 4) is 0 Å². The van der Waals surface area contributed by atoms with Gasteiger partial charge in [-0.15, -0.1) is 0 Å². The fraction of sp³-hybridized carbons (Fsp3) is 0.615. The highest BCUT2D eigenvalue weighted by Gasteiger charge is 2.23. The summed E-state index contributed by atoms with van der Waals surface area (Å²) in [6.45, 7) is 6.10. The molecule has 1 atom stereocenters. The Bertz CT molecular complexity index is 512. The molecular formula is C13H19N3O3. The fourth-order valence-corrected chi connectivity index (χ4v) is 2.10. The van der Waals surface area contributed by atoms with Crippen molar-refractivity contribution >= 4 is 5.91 Å². The summed E-state index contributed by atoms with van der Waals surface area (Å²) < 4.78 is 6.75. The maximum absolute atomic E-state index is 12.3. The minimum Gasteiger partial charge on any atom is -0.375 e. The summed E-state index contributed by atoms with van der Waals surface area (Å²) in [7, 11) is 0. The zero-order valence-corrected chi connectivity index (χ0v) is 11.3. The minimum absolute atomic E-state index is 0.0410. The van der Waals surface area contributed by atoms with E-state index in [2.05, 4.69) is 5.10 Å². The smallest absolute Gasteiger partial charge is 0.274 e. The molecule has 0 spiro atoms. The van der Waals surface area contributed by atoms with Crippen LogP contribution < -0.4 is 5.56 Å². The number of amides is 1. The Labute approximate surface area is 112 Å². The number of hydrogen-bond donors (Lipinski definition) is 0. The van der Waals surface area contributed by atoms with Crippen molar-refractivity contribution < 1.29 is 9.53 Å². The fourth-order valence-electron chi connectivity index (χ4n) is 2.10. The van der Waals surface area contributed by atoms with Gasteiger partial charge in [0, 0.05) is 25.7 Å². The summed E-state index contributed by atoms with van der Waals surface area (Å²) in [5.41, 5.74) is 0.149. The molecule has 19 heavy (non-hydrogen) atoms. The third kappa shape index (κ3) is 3.20. The van der Waals surface area contributed by atoms with Crippen LogP contribution in [-0.2, 0) is 11.3 Å². The highest BCUT2D eigenvalue weighted by Crippen LogP contribution is 2.08. The maximum Gasteiger partial charge on any atom is 0.274 e. The zero-order valence-electron chi connectivity index (χ0n) is 11.3. The molecule has 0 aromatic carbocycles. The molecule has 0 bridgehead atoms. The summed E-state index contributed by atoms with van der Waals surface area (Å²) in [4.78, 5) is 25.6. The summed E-state index contributed by atoms with van der Waals surface area (Å²) in [5, 5.41) is 4.13. The van der Waals surface area contributed by atoms with E-state index >= 15 is 0 Å². The number of aryl methyl sites for hydroxylation is 1. The van der Waals surface area contributed by atoms with Crippen LogP contribution in [0.2, 0.25) is 0 Å². The van der Waals surface area contributed by atoms with Crippen molar-refractivity contribution in [3.63, 3.8) is 0 Å².